The number of hydrogen-bond donors (Lipinski definition) is 1. The lowest BCUT2D eigenvalue weighted by molar-refractivity contribution is -0.134. The predicted molar refractivity (Wildman–Crippen MR) is 137 cm³/mol. The Bertz CT molecular complexity index is 1570. The average molecular weight is 481 g/mol. The van der Waals surface area contributed by atoms with Crippen LogP contribution in [0.15, 0.2) is 65.1 Å². The zero-order chi connectivity index (χ0) is 25.2. The Balaban J connectivity index is 1.45. The second-order valence-corrected chi connectivity index (χ2v) is 8.34. The summed E-state index contributed by atoms with van der Waals surface area (Å²) in [6.07, 6.45) is 3.15. The quantitative estimate of drug-likeness (QED) is 0.243. The van der Waals surface area contributed by atoms with Gasteiger partial charge in [-0.25, -0.2) is 9.78 Å². The molecule has 0 bridgehead atoms. The maximum absolute atomic E-state index is 11.4. The van der Waals surface area contributed by atoms with E-state index >= 15 is 0 Å². The number of H-pyrrole nitrogens is 1. The second-order valence-electron chi connectivity index (χ2n) is 8.34. The van der Waals surface area contributed by atoms with Crippen LogP contribution in [0.2, 0.25) is 0 Å². The van der Waals surface area contributed by atoms with Gasteiger partial charge in [0.05, 0.1) is 25.3 Å². The number of carbonyl (C=O) groups is 1. The zero-order valence-corrected chi connectivity index (χ0v) is 20.3. The van der Waals surface area contributed by atoms with Crippen LogP contribution in [0.25, 0.3) is 51.4 Å². The van der Waals surface area contributed by atoms with Crippen LogP contribution in [-0.2, 0) is 9.53 Å². The van der Waals surface area contributed by atoms with Gasteiger partial charge in [-0.3, -0.25) is 0 Å². The van der Waals surface area contributed by atoms with Crippen LogP contribution < -0.4 is 4.74 Å². The fourth-order valence-corrected chi connectivity index (χ4v) is 4.15. The van der Waals surface area contributed by atoms with Crippen molar-refractivity contribution in [2.45, 2.75) is 13.8 Å². The lowest BCUT2D eigenvalue weighted by Crippen LogP contribution is -1.94. The van der Waals surface area contributed by atoms with Crippen LogP contribution in [0.1, 0.15) is 16.7 Å². The SMILES string of the molecule is COC(=O)C=Cc1cc(C)c(-c2nc3ccc(-c4nnc(-c5ccc(OC)cc5)o4)cc3[nH]2)c(C)c1. The van der Waals surface area contributed by atoms with Crippen LogP contribution in [0.4, 0.5) is 0 Å². The molecule has 8 nitrogen and oxygen atoms in total. The minimum absolute atomic E-state index is 0.389. The van der Waals surface area contributed by atoms with Crippen molar-refractivity contribution in [2.24, 2.45) is 0 Å². The predicted octanol–water partition coefficient (Wildman–Crippen LogP) is 5.76. The summed E-state index contributed by atoms with van der Waals surface area (Å²) in [5.41, 5.74) is 7.32. The lowest BCUT2D eigenvalue weighted by Gasteiger charge is -2.09. The van der Waals surface area contributed by atoms with Gasteiger partial charge >= 0.3 is 5.97 Å². The molecule has 0 aliphatic carbocycles. The van der Waals surface area contributed by atoms with Gasteiger partial charge in [0, 0.05) is 22.8 Å². The lowest BCUT2D eigenvalue weighted by atomic mass is 9.98. The maximum atomic E-state index is 11.4. The van der Waals surface area contributed by atoms with Crippen LogP contribution in [-0.4, -0.2) is 40.4 Å². The van der Waals surface area contributed by atoms with E-state index in [1.807, 2.05) is 68.4 Å². The topological polar surface area (TPSA) is 103 Å². The highest BCUT2D eigenvalue weighted by molar-refractivity contribution is 5.88. The minimum atomic E-state index is -0.389. The third-order valence-electron chi connectivity index (χ3n) is 5.90. The molecule has 0 aliphatic rings. The molecule has 0 saturated carbocycles. The van der Waals surface area contributed by atoms with E-state index in [4.69, 9.17) is 14.1 Å². The van der Waals surface area contributed by atoms with E-state index < -0.39 is 0 Å². The molecule has 8 heteroatoms. The van der Waals surface area contributed by atoms with E-state index in [1.54, 1.807) is 13.2 Å². The van der Waals surface area contributed by atoms with E-state index in [1.165, 1.54) is 13.2 Å². The van der Waals surface area contributed by atoms with Crippen LogP contribution in [0, 0.1) is 13.8 Å². The summed E-state index contributed by atoms with van der Waals surface area (Å²) in [5.74, 6) is 2.00. The molecule has 3 aromatic carbocycles. The maximum Gasteiger partial charge on any atom is 0.330 e. The number of nitrogens with zero attached hydrogens (tertiary/aromatic N) is 3. The first kappa shape index (κ1) is 23.0. The molecule has 0 radical (unpaired) electrons. The third-order valence-corrected chi connectivity index (χ3v) is 5.90. The Hall–Kier alpha value is -4.72. The Morgan fingerprint density at radius 3 is 2.25 bits per heavy atom. The number of carbonyl (C=O) groups excluding carboxylic acids is 1. The monoisotopic (exact) mass is 480 g/mol. The first-order valence-electron chi connectivity index (χ1n) is 11.3. The highest BCUT2D eigenvalue weighted by atomic mass is 16.5. The number of nitrogens with one attached hydrogen (secondary N) is 1. The Morgan fingerprint density at radius 2 is 1.58 bits per heavy atom. The van der Waals surface area contributed by atoms with Crippen molar-refractivity contribution in [3.63, 3.8) is 0 Å². The van der Waals surface area contributed by atoms with Gasteiger partial charge in [-0.15, -0.1) is 10.2 Å². The molecule has 0 saturated heterocycles. The van der Waals surface area contributed by atoms with Crippen LogP contribution in [0.5, 0.6) is 5.75 Å². The zero-order valence-electron chi connectivity index (χ0n) is 20.3. The number of hydrogen-bond acceptors (Lipinski definition) is 7. The molecule has 0 spiro atoms. The second kappa shape index (κ2) is 9.50. The minimum Gasteiger partial charge on any atom is -0.497 e. The van der Waals surface area contributed by atoms with Crippen molar-refractivity contribution < 1.29 is 18.7 Å². The van der Waals surface area contributed by atoms with E-state index in [-0.39, 0.29) is 5.97 Å². The van der Waals surface area contributed by atoms with Gasteiger partial charge in [-0.05, 0) is 79.1 Å². The number of esters is 1. The van der Waals surface area contributed by atoms with E-state index in [0.717, 1.165) is 56.0 Å². The summed E-state index contributed by atoms with van der Waals surface area (Å²) >= 11 is 0. The van der Waals surface area contributed by atoms with Crippen molar-refractivity contribution >= 4 is 23.1 Å². The Kier molecular flexibility index (Phi) is 6.08. The first-order chi connectivity index (χ1) is 17.4. The van der Waals surface area contributed by atoms with Crippen molar-refractivity contribution in [2.75, 3.05) is 14.2 Å². The number of fused-ring (bicyclic) bond motifs is 1. The number of benzene rings is 3. The molecule has 180 valence electrons. The van der Waals surface area contributed by atoms with Gasteiger partial charge in [-0.1, -0.05) is 12.1 Å². The van der Waals surface area contributed by atoms with Crippen molar-refractivity contribution in [1.82, 2.24) is 20.2 Å². The number of ether oxygens (including phenoxy) is 2. The van der Waals surface area contributed by atoms with Gasteiger partial charge in [0.2, 0.25) is 11.8 Å². The number of aromatic nitrogens is 4. The van der Waals surface area contributed by atoms with Gasteiger partial charge in [0.15, 0.2) is 0 Å². The van der Waals surface area contributed by atoms with E-state index in [0.29, 0.717) is 11.8 Å². The molecule has 0 amide bonds. The molecular formula is C28H24N4O4. The summed E-state index contributed by atoms with van der Waals surface area (Å²) in [7, 11) is 2.98. The molecule has 0 aliphatic heterocycles. The van der Waals surface area contributed by atoms with E-state index in [2.05, 4.69) is 19.9 Å². The first-order valence-corrected chi connectivity index (χ1v) is 11.3. The fourth-order valence-electron chi connectivity index (χ4n) is 4.15. The number of methoxy groups -OCH3 is 2. The van der Waals surface area contributed by atoms with Gasteiger partial charge in [0.1, 0.15) is 11.6 Å². The van der Waals surface area contributed by atoms with E-state index in [9.17, 15) is 4.79 Å². The molecule has 0 fully saturated rings. The molecule has 5 rings (SSSR count). The molecule has 0 unspecified atom stereocenters. The number of rotatable bonds is 6. The van der Waals surface area contributed by atoms with Gasteiger partial charge in [-0.2, -0.15) is 0 Å². The molecule has 36 heavy (non-hydrogen) atoms. The smallest absolute Gasteiger partial charge is 0.330 e. The van der Waals surface area contributed by atoms with Crippen molar-refractivity contribution in [3.8, 4) is 40.0 Å². The van der Waals surface area contributed by atoms with Crippen molar-refractivity contribution in [1.29, 1.82) is 0 Å². The Morgan fingerprint density at radius 1 is 0.917 bits per heavy atom. The average Bonchev–Trinajstić information content (AvgIpc) is 3.54. The highest BCUT2D eigenvalue weighted by Gasteiger charge is 2.15. The summed E-state index contributed by atoms with van der Waals surface area (Å²) in [6.45, 7) is 4.05. The number of aromatic amines is 1. The summed E-state index contributed by atoms with van der Waals surface area (Å²) < 4.78 is 15.8. The van der Waals surface area contributed by atoms with Gasteiger partial charge < -0.3 is 18.9 Å². The molecule has 0 atom stereocenters. The van der Waals surface area contributed by atoms with Crippen molar-refractivity contribution in [3.05, 3.63) is 77.4 Å². The Labute approximate surface area is 207 Å². The molecule has 1 N–H and O–H groups in total. The molecule has 5 aromatic rings. The van der Waals surface area contributed by atoms with Gasteiger partial charge in [0.25, 0.3) is 0 Å². The number of aryl methyl sites for hydroxylation is 2. The summed E-state index contributed by atoms with van der Waals surface area (Å²) in [4.78, 5) is 19.7. The van der Waals surface area contributed by atoms with Crippen LogP contribution in [0.3, 0.4) is 0 Å². The summed E-state index contributed by atoms with van der Waals surface area (Å²) in [6, 6.07) is 17.3. The molecular weight excluding hydrogens is 456 g/mol. The number of imidazole rings is 1. The molecule has 2 aromatic heterocycles. The molecule has 2 heterocycles. The largest absolute Gasteiger partial charge is 0.497 e. The standard InChI is InChI=1S/C28H24N4O4/c1-16-13-18(5-12-24(33)35-4)14-17(2)25(16)26-29-22-11-8-20(15-23(22)30-26)28-32-31-27(36-28)19-6-9-21(34-3)10-7-19/h5-15H,1-4H3,(H,29,30). The summed E-state index contributed by atoms with van der Waals surface area (Å²) in [5, 5.41) is 8.43. The highest BCUT2D eigenvalue weighted by Crippen LogP contribution is 2.31. The fraction of sp³-hybridized carbons (Fsp3) is 0.143. The normalized spacial score (nSPS) is 11.3. The third kappa shape index (κ3) is 4.48. The van der Waals surface area contributed by atoms with Crippen LogP contribution >= 0.6 is 0 Å².